The lowest BCUT2D eigenvalue weighted by Gasteiger charge is -2.21. The number of aromatic nitrogens is 2. The van der Waals surface area contributed by atoms with Gasteiger partial charge in [0.1, 0.15) is 0 Å². The Morgan fingerprint density at radius 3 is 1.55 bits per heavy atom. The van der Waals surface area contributed by atoms with E-state index in [2.05, 4.69) is 134 Å². The number of hydrogen-bond acceptors (Lipinski definition) is 2. The summed E-state index contributed by atoms with van der Waals surface area (Å²) in [6, 6.07) is 52.8. The van der Waals surface area contributed by atoms with Gasteiger partial charge in [-0.05, 0) is 56.6 Å². The molecule has 0 bridgehead atoms. The first-order chi connectivity index (χ1) is 23.0. The third kappa shape index (κ3) is 5.11. The van der Waals surface area contributed by atoms with Crippen LogP contribution in [0.5, 0.6) is 0 Å². The predicted molar refractivity (Wildman–Crippen MR) is 193 cm³/mol. The normalized spacial score (nSPS) is 12.6. The zero-order valence-corrected chi connectivity index (χ0v) is 26.3. The molecule has 0 saturated carbocycles. The molecule has 0 fully saturated rings. The van der Waals surface area contributed by atoms with Crippen LogP contribution < -0.4 is 0 Å². The summed E-state index contributed by atoms with van der Waals surface area (Å²) in [6.45, 7) is 12.0. The summed E-state index contributed by atoms with van der Waals surface area (Å²) in [5.41, 5.74) is 15.0. The van der Waals surface area contributed by atoms with E-state index in [1.807, 2.05) is 36.4 Å². The van der Waals surface area contributed by atoms with Crippen LogP contribution in [0.4, 0.5) is 5.69 Å². The van der Waals surface area contributed by atoms with Crippen molar-refractivity contribution in [1.29, 1.82) is 0 Å². The number of hydrogen-bond donors (Lipinski definition) is 0. The molecule has 3 nitrogen and oxygen atoms in total. The van der Waals surface area contributed by atoms with Gasteiger partial charge in [-0.25, -0.2) is 14.8 Å². The molecule has 1 aliphatic rings. The van der Waals surface area contributed by atoms with E-state index in [9.17, 15) is 0 Å². The lowest BCUT2D eigenvalue weighted by atomic mass is 9.82. The van der Waals surface area contributed by atoms with Gasteiger partial charge in [0, 0.05) is 22.1 Å². The van der Waals surface area contributed by atoms with Crippen LogP contribution in [-0.4, -0.2) is 9.97 Å². The third-order valence-corrected chi connectivity index (χ3v) is 9.35. The molecule has 6 aromatic carbocycles. The molecular weight excluding hydrogens is 571 g/mol. The smallest absolute Gasteiger partial charge is 0.187 e. The van der Waals surface area contributed by atoms with Gasteiger partial charge in [-0.2, -0.15) is 0 Å². The fraction of sp³-hybridized carbons (Fsp3) is 0.0682. The number of nitrogens with zero attached hydrogens (tertiary/aromatic N) is 3. The molecule has 0 aliphatic heterocycles. The van der Waals surface area contributed by atoms with Crippen molar-refractivity contribution in [3.8, 4) is 67.3 Å². The molecular formula is C44H31N3. The minimum atomic E-state index is -0.142. The number of benzene rings is 6. The molecule has 8 rings (SSSR count). The summed E-state index contributed by atoms with van der Waals surface area (Å²) in [5.74, 6) is 0.704. The van der Waals surface area contributed by atoms with Gasteiger partial charge in [0.2, 0.25) is 0 Å². The highest BCUT2D eigenvalue weighted by molar-refractivity contribution is 5.86. The quantitative estimate of drug-likeness (QED) is 0.184. The van der Waals surface area contributed by atoms with Crippen LogP contribution in [0.2, 0.25) is 0 Å². The highest BCUT2D eigenvalue weighted by atomic mass is 14.9. The second-order valence-corrected chi connectivity index (χ2v) is 12.6. The number of rotatable bonds is 5. The molecule has 1 aromatic heterocycles. The van der Waals surface area contributed by atoms with Gasteiger partial charge in [0.05, 0.1) is 18.0 Å². The summed E-state index contributed by atoms with van der Waals surface area (Å²) in [7, 11) is 0. The standard InChI is InChI=1S/C44H31N3/c1-44(2)39-25-22-35(26-38(39)37-24-23-36(45-3)27-40(37)44)31-16-20-33(21-17-31)42-28-41(46-43(47-42)34-12-8-5-9-13-34)32-18-14-30(15-19-32)29-10-6-4-7-11-29/h4-28H,1-2H3. The molecule has 0 atom stereocenters. The van der Waals surface area contributed by atoms with Gasteiger partial charge >= 0.3 is 0 Å². The Hall–Kier alpha value is -6.11. The topological polar surface area (TPSA) is 30.1 Å². The zero-order chi connectivity index (χ0) is 32.0. The molecule has 1 aliphatic carbocycles. The molecule has 0 unspecified atom stereocenters. The third-order valence-electron chi connectivity index (χ3n) is 9.35. The highest BCUT2D eigenvalue weighted by Crippen LogP contribution is 2.50. The maximum absolute atomic E-state index is 7.49. The Balaban J connectivity index is 1.16. The van der Waals surface area contributed by atoms with Crippen molar-refractivity contribution in [2.45, 2.75) is 19.3 Å². The second-order valence-electron chi connectivity index (χ2n) is 12.6. The van der Waals surface area contributed by atoms with Crippen LogP contribution >= 0.6 is 0 Å². The van der Waals surface area contributed by atoms with Crippen LogP contribution in [0.3, 0.4) is 0 Å². The van der Waals surface area contributed by atoms with Gasteiger partial charge in [-0.15, -0.1) is 0 Å². The minimum absolute atomic E-state index is 0.142. The van der Waals surface area contributed by atoms with Crippen molar-refractivity contribution < 1.29 is 0 Å². The Morgan fingerprint density at radius 1 is 0.447 bits per heavy atom. The highest BCUT2D eigenvalue weighted by Gasteiger charge is 2.35. The van der Waals surface area contributed by atoms with E-state index < -0.39 is 0 Å². The molecule has 0 saturated heterocycles. The van der Waals surface area contributed by atoms with Crippen molar-refractivity contribution in [2.75, 3.05) is 0 Å². The molecule has 7 aromatic rings. The molecule has 1 heterocycles. The molecule has 47 heavy (non-hydrogen) atoms. The van der Waals surface area contributed by atoms with Crippen molar-refractivity contribution in [1.82, 2.24) is 9.97 Å². The van der Waals surface area contributed by atoms with E-state index in [1.165, 1.54) is 38.9 Å². The Bertz CT molecular complexity index is 2300. The SMILES string of the molecule is [C-]#[N+]c1ccc2c(c1)C(C)(C)c1ccc(-c3ccc(-c4cc(-c5ccc(-c6ccccc6)cc5)nc(-c5ccccc5)n4)cc3)cc1-2. The summed E-state index contributed by atoms with van der Waals surface area (Å²) in [5, 5.41) is 0. The fourth-order valence-corrected chi connectivity index (χ4v) is 6.75. The number of fused-ring (bicyclic) bond motifs is 3. The van der Waals surface area contributed by atoms with E-state index in [4.69, 9.17) is 16.5 Å². The van der Waals surface area contributed by atoms with Gasteiger partial charge in [-0.3, -0.25) is 0 Å². The van der Waals surface area contributed by atoms with Gasteiger partial charge in [0.15, 0.2) is 11.5 Å². The van der Waals surface area contributed by atoms with E-state index in [1.54, 1.807) is 0 Å². The van der Waals surface area contributed by atoms with Crippen molar-refractivity contribution in [3.63, 3.8) is 0 Å². The average Bonchev–Trinajstić information content (AvgIpc) is 3.37. The average molecular weight is 602 g/mol. The van der Waals surface area contributed by atoms with E-state index in [0.717, 1.165) is 33.6 Å². The van der Waals surface area contributed by atoms with E-state index in [-0.39, 0.29) is 5.41 Å². The van der Waals surface area contributed by atoms with Crippen LogP contribution in [0, 0.1) is 6.57 Å². The van der Waals surface area contributed by atoms with E-state index in [0.29, 0.717) is 11.5 Å². The lowest BCUT2D eigenvalue weighted by Crippen LogP contribution is -2.14. The van der Waals surface area contributed by atoms with Gasteiger partial charge in [0.25, 0.3) is 0 Å². The predicted octanol–water partition coefficient (Wildman–Crippen LogP) is 11.7. The van der Waals surface area contributed by atoms with Crippen LogP contribution in [0.1, 0.15) is 25.0 Å². The Morgan fingerprint density at radius 2 is 0.957 bits per heavy atom. The molecule has 0 radical (unpaired) electrons. The second kappa shape index (κ2) is 11.4. The van der Waals surface area contributed by atoms with Gasteiger partial charge in [-0.1, -0.05) is 153 Å². The van der Waals surface area contributed by atoms with E-state index >= 15 is 0 Å². The first kappa shape index (κ1) is 28.4. The van der Waals surface area contributed by atoms with Crippen molar-refractivity contribution in [2.24, 2.45) is 0 Å². The first-order valence-corrected chi connectivity index (χ1v) is 15.9. The molecule has 0 N–H and O–H groups in total. The summed E-state index contributed by atoms with van der Waals surface area (Å²) in [6.07, 6.45) is 0. The largest absolute Gasteiger partial charge is 0.238 e. The molecule has 222 valence electrons. The zero-order valence-electron chi connectivity index (χ0n) is 26.3. The Labute approximate surface area is 275 Å². The molecule has 0 spiro atoms. The van der Waals surface area contributed by atoms with Crippen LogP contribution in [0.15, 0.2) is 152 Å². The fourth-order valence-electron chi connectivity index (χ4n) is 6.75. The first-order valence-electron chi connectivity index (χ1n) is 15.9. The van der Waals surface area contributed by atoms with Gasteiger partial charge < -0.3 is 0 Å². The monoisotopic (exact) mass is 601 g/mol. The van der Waals surface area contributed by atoms with Crippen molar-refractivity contribution in [3.05, 3.63) is 174 Å². The van der Waals surface area contributed by atoms with Crippen LogP contribution in [0.25, 0.3) is 72.1 Å². The minimum Gasteiger partial charge on any atom is -0.238 e. The summed E-state index contributed by atoms with van der Waals surface area (Å²) >= 11 is 0. The lowest BCUT2D eigenvalue weighted by molar-refractivity contribution is 0.661. The van der Waals surface area contributed by atoms with Crippen molar-refractivity contribution >= 4 is 5.69 Å². The molecule has 0 amide bonds. The Kier molecular flexibility index (Phi) is 6.85. The van der Waals surface area contributed by atoms with Crippen LogP contribution in [-0.2, 0) is 5.41 Å². The summed E-state index contributed by atoms with van der Waals surface area (Å²) in [4.78, 5) is 13.7. The summed E-state index contributed by atoms with van der Waals surface area (Å²) < 4.78 is 0. The molecule has 3 heteroatoms. The maximum Gasteiger partial charge on any atom is 0.187 e. The maximum atomic E-state index is 7.49.